The molecule has 0 radical (unpaired) electrons. The summed E-state index contributed by atoms with van der Waals surface area (Å²) in [6.07, 6.45) is 0. The highest BCUT2D eigenvalue weighted by atomic mass is 32.4. The van der Waals surface area contributed by atoms with Crippen LogP contribution in [0.3, 0.4) is 0 Å². The zero-order valence-electron chi connectivity index (χ0n) is 3.27. The Kier molecular flexibility index (Phi) is 1.48. The normalized spacial score (nSPS) is 22.3. The lowest BCUT2D eigenvalue weighted by Gasteiger charge is -1.64. The van der Waals surface area contributed by atoms with Crippen molar-refractivity contribution >= 4 is 18.8 Å². The lowest BCUT2D eigenvalue weighted by atomic mass is 10.7. The van der Waals surface area contributed by atoms with Gasteiger partial charge in [-0.05, 0) is 0 Å². The molecule has 0 aliphatic carbocycles. The van der Waals surface area contributed by atoms with Gasteiger partial charge in [0.05, 0.1) is 13.1 Å². The second-order valence-electron chi connectivity index (χ2n) is 1.11. The van der Waals surface area contributed by atoms with Crippen LogP contribution in [0.2, 0.25) is 0 Å². The monoisotopic (exact) mass is 121 g/mol. The highest BCUT2D eigenvalue weighted by Gasteiger charge is 2.14. The van der Waals surface area contributed by atoms with Crippen molar-refractivity contribution in [2.45, 2.75) is 0 Å². The van der Waals surface area contributed by atoms with Gasteiger partial charge in [0.15, 0.2) is 0 Å². The molecule has 0 aromatic heterocycles. The van der Waals surface area contributed by atoms with Crippen LogP contribution < -0.4 is 10.2 Å². The molecule has 2 N–H and O–H groups in total. The van der Waals surface area contributed by atoms with Crippen LogP contribution in [0.25, 0.3) is 0 Å². The first-order valence-electron chi connectivity index (χ1n) is 1.84. The average molecular weight is 121 g/mol. The predicted octanol–water partition coefficient (Wildman–Crippen LogP) is -0.0470. The topological polar surface area (TPSA) is 24.1 Å². The quantitative estimate of drug-likeness (QED) is 0.439. The molecule has 6 heavy (non-hydrogen) atoms. The maximum atomic E-state index is 4.84. The lowest BCUT2D eigenvalue weighted by Crippen LogP contribution is -1.99. The van der Waals surface area contributed by atoms with Crippen molar-refractivity contribution in [3.63, 3.8) is 0 Å². The molecular formula is C2H6N2PS+. The van der Waals surface area contributed by atoms with E-state index in [-0.39, 0.29) is 7.00 Å². The van der Waals surface area contributed by atoms with Crippen molar-refractivity contribution in [2.24, 2.45) is 0 Å². The number of hydrogen-bond donors (Lipinski definition) is 2. The summed E-state index contributed by atoms with van der Waals surface area (Å²) >= 11 is 4.84. The third-order valence-corrected chi connectivity index (χ3v) is 2.43. The molecule has 0 bridgehead atoms. The van der Waals surface area contributed by atoms with Gasteiger partial charge >= 0.3 is 7.00 Å². The molecule has 1 aliphatic rings. The van der Waals surface area contributed by atoms with E-state index < -0.39 is 0 Å². The Labute approximate surface area is 42.8 Å². The number of hydrogen-bond acceptors (Lipinski definition) is 1. The molecule has 0 aromatic rings. The molecule has 0 aromatic carbocycles. The smallest absolute Gasteiger partial charge is 0.115 e. The largest absolute Gasteiger partial charge is 0.360 e. The van der Waals surface area contributed by atoms with Gasteiger partial charge in [-0.25, -0.2) is 0 Å². The van der Waals surface area contributed by atoms with Crippen LogP contribution in [0, 0.1) is 0 Å². The third kappa shape index (κ3) is 0.949. The fourth-order valence-electron chi connectivity index (χ4n) is 0.371. The summed E-state index contributed by atoms with van der Waals surface area (Å²) in [7, 11) is 0. The SMILES string of the molecule is S=[P+]1NCCN1. The lowest BCUT2D eigenvalue weighted by molar-refractivity contribution is 0.942. The van der Waals surface area contributed by atoms with Crippen LogP contribution in [0.15, 0.2) is 0 Å². The standard InChI is InChI=1S/C2H6N2PS/c6-5-3-1-2-4-5/h1-2H2,(H2,3,4,6)/q+1. The van der Waals surface area contributed by atoms with E-state index >= 15 is 0 Å². The molecule has 0 atom stereocenters. The van der Waals surface area contributed by atoms with Crippen molar-refractivity contribution < 1.29 is 0 Å². The Balaban J connectivity index is 2.37. The number of rotatable bonds is 0. The Bertz CT molecular complexity index is 65.9. The molecule has 0 saturated carbocycles. The summed E-state index contributed by atoms with van der Waals surface area (Å²) in [6.45, 7) is 1.72. The minimum absolute atomic E-state index is 0.382. The first kappa shape index (κ1) is 4.60. The van der Waals surface area contributed by atoms with Crippen LogP contribution in [0.4, 0.5) is 0 Å². The van der Waals surface area contributed by atoms with Crippen LogP contribution in [0.1, 0.15) is 0 Å². The van der Waals surface area contributed by atoms with Crippen LogP contribution in [-0.4, -0.2) is 13.1 Å². The van der Waals surface area contributed by atoms with E-state index in [2.05, 4.69) is 10.2 Å². The Morgan fingerprint density at radius 1 is 1.33 bits per heavy atom. The molecule has 1 rings (SSSR count). The maximum Gasteiger partial charge on any atom is 0.360 e. The van der Waals surface area contributed by atoms with Crippen LogP contribution in [-0.2, 0) is 11.8 Å². The van der Waals surface area contributed by atoms with E-state index in [0.717, 1.165) is 13.1 Å². The summed E-state index contributed by atoms with van der Waals surface area (Å²) in [4.78, 5) is 0. The zero-order chi connectivity index (χ0) is 4.41. The van der Waals surface area contributed by atoms with Gasteiger partial charge in [0.25, 0.3) is 0 Å². The van der Waals surface area contributed by atoms with Crippen molar-refractivity contribution in [3.8, 4) is 0 Å². The summed E-state index contributed by atoms with van der Waals surface area (Å²) in [6, 6.07) is 0. The minimum Gasteiger partial charge on any atom is -0.115 e. The summed E-state index contributed by atoms with van der Waals surface area (Å²) in [5.41, 5.74) is 0. The molecule has 2 nitrogen and oxygen atoms in total. The van der Waals surface area contributed by atoms with Crippen molar-refractivity contribution in [3.05, 3.63) is 0 Å². The van der Waals surface area contributed by atoms with Crippen LogP contribution >= 0.6 is 7.00 Å². The van der Waals surface area contributed by atoms with Gasteiger partial charge in [0.1, 0.15) is 0 Å². The molecule has 1 aliphatic heterocycles. The molecule has 0 spiro atoms. The zero-order valence-corrected chi connectivity index (χ0v) is 4.98. The number of nitrogens with one attached hydrogen (secondary N) is 2. The van der Waals surface area contributed by atoms with Gasteiger partial charge in [-0.3, -0.25) is 0 Å². The van der Waals surface area contributed by atoms with Crippen molar-refractivity contribution in [1.29, 1.82) is 0 Å². The Morgan fingerprint density at radius 3 is 2.00 bits per heavy atom. The molecule has 0 amide bonds. The van der Waals surface area contributed by atoms with E-state index in [1.807, 2.05) is 0 Å². The van der Waals surface area contributed by atoms with Crippen molar-refractivity contribution in [2.75, 3.05) is 13.1 Å². The minimum atomic E-state index is -0.382. The van der Waals surface area contributed by atoms with Gasteiger partial charge in [-0.2, -0.15) is 0 Å². The first-order valence-corrected chi connectivity index (χ1v) is 4.19. The van der Waals surface area contributed by atoms with Crippen molar-refractivity contribution in [1.82, 2.24) is 10.2 Å². The van der Waals surface area contributed by atoms with Gasteiger partial charge in [-0.1, -0.05) is 0 Å². The van der Waals surface area contributed by atoms with Gasteiger partial charge in [0.2, 0.25) is 11.8 Å². The van der Waals surface area contributed by atoms with E-state index in [1.54, 1.807) is 0 Å². The second kappa shape index (κ2) is 1.94. The molecule has 1 heterocycles. The summed E-state index contributed by atoms with van der Waals surface area (Å²) in [5, 5.41) is 6.18. The Hall–Kier alpha value is 0.440. The summed E-state index contributed by atoms with van der Waals surface area (Å²) < 4.78 is 0. The maximum absolute atomic E-state index is 4.84. The van der Waals surface area contributed by atoms with E-state index in [9.17, 15) is 0 Å². The molecule has 4 heteroatoms. The molecule has 1 fully saturated rings. The molecule has 0 unspecified atom stereocenters. The fraction of sp³-hybridized carbons (Fsp3) is 1.00. The van der Waals surface area contributed by atoms with E-state index in [4.69, 9.17) is 11.8 Å². The van der Waals surface area contributed by atoms with Gasteiger partial charge in [-0.15, -0.1) is 10.2 Å². The fourth-order valence-corrected chi connectivity index (χ4v) is 1.66. The summed E-state index contributed by atoms with van der Waals surface area (Å²) in [5.74, 6) is 0. The van der Waals surface area contributed by atoms with Gasteiger partial charge < -0.3 is 0 Å². The highest BCUT2D eigenvalue weighted by molar-refractivity contribution is 8.03. The predicted molar refractivity (Wildman–Crippen MR) is 30.3 cm³/mol. The van der Waals surface area contributed by atoms with E-state index in [0.29, 0.717) is 0 Å². The highest BCUT2D eigenvalue weighted by Crippen LogP contribution is 2.09. The Morgan fingerprint density at radius 2 is 1.83 bits per heavy atom. The molecule has 1 saturated heterocycles. The second-order valence-corrected chi connectivity index (χ2v) is 3.43. The molecule has 34 valence electrons. The third-order valence-electron chi connectivity index (χ3n) is 0.636. The van der Waals surface area contributed by atoms with Gasteiger partial charge in [0, 0.05) is 0 Å². The first-order chi connectivity index (χ1) is 2.89. The average Bonchev–Trinajstić information content (AvgIpc) is 1.86. The van der Waals surface area contributed by atoms with Crippen LogP contribution in [0.5, 0.6) is 0 Å². The van der Waals surface area contributed by atoms with E-state index in [1.165, 1.54) is 0 Å². The molecular weight excluding hydrogens is 115 g/mol.